The number of hydrogen-bond donors (Lipinski definition) is 2. The van der Waals surface area contributed by atoms with Gasteiger partial charge in [0, 0.05) is 40.5 Å². The zero-order valence-corrected chi connectivity index (χ0v) is 19.5. The lowest BCUT2D eigenvalue weighted by Crippen LogP contribution is -2.28. The summed E-state index contributed by atoms with van der Waals surface area (Å²) in [5.41, 5.74) is 5.08. The molecule has 4 aromatic rings. The predicted octanol–water partition coefficient (Wildman–Crippen LogP) is 4.88. The van der Waals surface area contributed by atoms with Gasteiger partial charge in [0.05, 0.1) is 24.8 Å². The molecule has 1 aromatic carbocycles. The molecular formula is C26H25FN6O2. The van der Waals surface area contributed by atoms with Gasteiger partial charge in [0.1, 0.15) is 11.4 Å². The third-order valence-electron chi connectivity index (χ3n) is 6.20. The van der Waals surface area contributed by atoms with Crippen LogP contribution in [0.25, 0.3) is 22.1 Å². The van der Waals surface area contributed by atoms with Crippen LogP contribution in [0, 0.1) is 0 Å². The quantitative estimate of drug-likeness (QED) is 0.237. The van der Waals surface area contributed by atoms with E-state index in [9.17, 15) is 9.18 Å². The zero-order chi connectivity index (χ0) is 24.5. The average Bonchev–Trinajstić information content (AvgIpc) is 3.44. The smallest absolute Gasteiger partial charge is 0.343 e. The lowest BCUT2D eigenvalue weighted by molar-refractivity contribution is 0.0602. The number of aromatic amines is 1. The summed E-state index contributed by atoms with van der Waals surface area (Å²) in [6, 6.07) is 10.2. The molecule has 1 atom stereocenters. The van der Waals surface area contributed by atoms with Gasteiger partial charge in [0.15, 0.2) is 5.65 Å². The summed E-state index contributed by atoms with van der Waals surface area (Å²) < 4.78 is 20.3. The molecule has 0 spiro atoms. The molecule has 9 heteroatoms. The summed E-state index contributed by atoms with van der Waals surface area (Å²) in [5.74, 6) is -0.327. The number of rotatable bonds is 6. The molecule has 0 radical (unpaired) electrons. The van der Waals surface area contributed by atoms with E-state index < -0.39 is 11.8 Å². The third kappa shape index (κ3) is 4.21. The van der Waals surface area contributed by atoms with Gasteiger partial charge in [-0.2, -0.15) is 9.61 Å². The number of fused-ring (bicyclic) bond motifs is 4. The number of para-hydroxylation sites is 1. The Morgan fingerprint density at radius 2 is 2.23 bits per heavy atom. The van der Waals surface area contributed by atoms with Crippen LogP contribution in [-0.2, 0) is 17.6 Å². The summed E-state index contributed by atoms with van der Waals surface area (Å²) in [5, 5.41) is 9.20. The SMILES string of the molecule is C=N/C=C(\C=C(/C)F)c1cc(N[C@@H]2CCc3[nH]c4ccccc4c3C2)n2ncc(C(=O)OC)c2n1. The van der Waals surface area contributed by atoms with Crippen LogP contribution in [-0.4, -0.2) is 45.4 Å². The molecule has 3 heterocycles. The van der Waals surface area contributed by atoms with Crippen LogP contribution in [0.3, 0.4) is 0 Å². The predicted molar refractivity (Wildman–Crippen MR) is 134 cm³/mol. The standard InChI is InChI=1S/C26H25FN6O2/c1-15(27)10-16(13-28-2)23-12-24(33-25(32-23)20(14-29-33)26(34)35-3)30-17-8-9-22-19(11-17)18-6-4-5-7-21(18)31-22/h4-7,10,12-14,17,30-31H,2,8-9,11H2,1,3H3/b15-10+,16-13+/t17-/m1/s1. The maximum Gasteiger partial charge on any atom is 0.343 e. The van der Waals surface area contributed by atoms with E-state index in [1.807, 2.05) is 12.1 Å². The van der Waals surface area contributed by atoms with Crippen LogP contribution < -0.4 is 5.32 Å². The number of esters is 1. The Labute approximate surface area is 201 Å². The van der Waals surface area contributed by atoms with Gasteiger partial charge in [0.2, 0.25) is 0 Å². The number of aliphatic imine (C=N–C) groups is 1. The maximum absolute atomic E-state index is 13.8. The zero-order valence-electron chi connectivity index (χ0n) is 19.5. The molecule has 0 saturated heterocycles. The first kappa shape index (κ1) is 22.5. The molecule has 178 valence electrons. The molecule has 1 aliphatic carbocycles. The van der Waals surface area contributed by atoms with Crippen LogP contribution in [0.4, 0.5) is 10.2 Å². The number of hydrogen-bond acceptors (Lipinski definition) is 6. The molecule has 2 N–H and O–H groups in total. The van der Waals surface area contributed by atoms with Gasteiger partial charge in [-0.15, -0.1) is 0 Å². The van der Waals surface area contributed by atoms with Crippen LogP contribution in [0.5, 0.6) is 0 Å². The lowest BCUT2D eigenvalue weighted by Gasteiger charge is -2.25. The number of carbonyl (C=O) groups excluding carboxylic acids is 1. The van der Waals surface area contributed by atoms with Crippen LogP contribution >= 0.6 is 0 Å². The Morgan fingerprint density at radius 1 is 1.40 bits per heavy atom. The minimum Gasteiger partial charge on any atom is -0.465 e. The van der Waals surface area contributed by atoms with Gasteiger partial charge in [-0.05, 0) is 50.6 Å². The van der Waals surface area contributed by atoms with Gasteiger partial charge in [-0.1, -0.05) is 18.2 Å². The van der Waals surface area contributed by atoms with Gasteiger partial charge >= 0.3 is 5.97 Å². The average molecular weight is 473 g/mol. The number of ether oxygens (including phenoxy) is 1. The second kappa shape index (κ2) is 9.17. The number of H-pyrrole nitrogens is 1. The van der Waals surface area contributed by atoms with E-state index in [-0.39, 0.29) is 11.6 Å². The fourth-order valence-electron chi connectivity index (χ4n) is 4.66. The van der Waals surface area contributed by atoms with Crippen molar-refractivity contribution in [3.05, 3.63) is 77.1 Å². The summed E-state index contributed by atoms with van der Waals surface area (Å²) in [7, 11) is 1.30. The summed E-state index contributed by atoms with van der Waals surface area (Å²) in [4.78, 5) is 24.3. The maximum atomic E-state index is 13.8. The molecule has 0 aliphatic heterocycles. The molecule has 0 fully saturated rings. The van der Waals surface area contributed by atoms with Crippen molar-refractivity contribution in [3.8, 4) is 0 Å². The Kier molecular flexibility index (Phi) is 5.90. The van der Waals surface area contributed by atoms with Crippen molar-refractivity contribution in [1.82, 2.24) is 19.6 Å². The van der Waals surface area contributed by atoms with E-state index in [1.54, 1.807) is 10.6 Å². The van der Waals surface area contributed by atoms with Crippen molar-refractivity contribution < 1.29 is 13.9 Å². The van der Waals surface area contributed by atoms with Crippen molar-refractivity contribution in [2.45, 2.75) is 32.2 Å². The highest BCUT2D eigenvalue weighted by Crippen LogP contribution is 2.31. The minimum atomic E-state index is -0.554. The number of aromatic nitrogens is 4. The van der Waals surface area contributed by atoms with Gasteiger partial charge in [-0.25, -0.2) is 14.2 Å². The highest BCUT2D eigenvalue weighted by molar-refractivity contribution is 5.96. The van der Waals surface area contributed by atoms with E-state index in [1.165, 1.54) is 49.1 Å². The number of aryl methyl sites for hydroxylation is 1. The highest BCUT2D eigenvalue weighted by Gasteiger charge is 2.25. The Hall–Kier alpha value is -4.27. The summed E-state index contributed by atoms with van der Waals surface area (Å²) in [6.07, 6.45) is 6.81. The van der Waals surface area contributed by atoms with Gasteiger partial charge in [-0.3, -0.25) is 4.99 Å². The van der Waals surface area contributed by atoms with Crippen molar-refractivity contribution in [3.63, 3.8) is 0 Å². The van der Waals surface area contributed by atoms with Gasteiger partial charge in [0.25, 0.3) is 0 Å². The second-order valence-electron chi connectivity index (χ2n) is 8.52. The van der Waals surface area contributed by atoms with Crippen molar-refractivity contribution in [1.29, 1.82) is 0 Å². The first-order valence-electron chi connectivity index (χ1n) is 11.3. The normalized spacial score (nSPS) is 16.4. The molecule has 5 rings (SSSR count). The number of nitrogens with zero attached hydrogens (tertiary/aromatic N) is 4. The molecule has 35 heavy (non-hydrogen) atoms. The van der Waals surface area contributed by atoms with Crippen molar-refractivity contribution >= 4 is 40.6 Å². The Balaban J connectivity index is 1.58. The topological polar surface area (TPSA) is 96.7 Å². The van der Waals surface area contributed by atoms with E-state index in [4.69, 9.17) is 4.74 Å². The second-order valence-corrected chi connectivity index (χ2v) is 8.52. The molecule has 1 aliphatic rings. The van der Waals surface area contributed by atoms with Crippen LogP contribution in [0.15, 0.2) is 59.6 Å². The molecular weight excluding hydrogens is 447 g/mol. The molecule has 8 nitrogen and oxygen atoms in total. The van der Waals surface area contributed by atoms with E-state index in [2.05, 4.69) is 44.2 Å². The number of anilines is 1. The van der Waals surface area contributed by atoms with Crippen LogP contribution in [0.1, 0.15) is 40.7 Å². The number of benzene rings is 1. The van der Waals surface area contributed by atoms with E-state index in [0.29, 0.717) is 22.7 Å². The largest absolute Gasteiger partial charge is 0.465 e. The van der Waals surface area contributed by atoms with Gasteiger partial charge < -0.3 is 15.0 Å². The Bertz CT molecular complexity index is 1510. The molecule has 0 bridgehead atoms. The fraction of sp³-hybridized carbons (Fsp3) is 0.231. The minimum absolute atomic E-state index is 0.120. The number of methoxy groups -OCH3 is 1. The molecule has 3 aromatic heterocycles. The monoisotopic (exact) mass is 472 g/mol. The first-order valence-corrected chi connectivity index (χ1v) is 11.3. The fourth-order valence-corrected chi connectivity index (χ4v) is 4.66. The molecule has 0 unspecified atom stereocenters. The van der Waals surface area contributed by atoms with Crippen LogP contribution in [0.2, 0.25) is 0 Å². The first-order chi connectivity index (χ1) is 17.0. The summed E-state index contributed by atoms with van der Waals surface area (Å²) in [6.45, 7) is 4.83. The third-order valence-corrected chi connectivity index (χ3v) is 6.20. The van der Waals surface area contributed by atoms with Crippen molar-refractivity contribution in [2.75, 3.05) is 12.4 Å². The number of carbonyl (C=O) groups is 1. The molecule has 0 amide bonds. The van der Waals surface area contributed by atoms with E-state index in [0.717, 1.165) is 24.8 Å². The highest BCUT2D eigenvalue weighted by atomic mass is 19.1. The van der Waals surface area contributed by atoms with E-state index >= 15 is 0 Å². The number of halogens is 1. The Morgan fingerprint density at radius 3 is 3.00 bits per heavy atom. The molecule has 0 saturated carbocycles. The lowest BCUT2D eigenvalue weighted by atomic mass is 9.91. The number of nitrogens with one attached hydrogen (secondary N) is 2. The van der Waals surface area contributed by atoms with Crippen molar-refractivity contribution in [2.24, 2.45) is 4.99 Å². The summed E-state index contributed by atoms with van der Waals surface area (Å²) >= 11 is 0. The number of allylic oxidation sites excluding steroid dienone is 3.